The molecule has 4 nitrogen and oxygen atoms in total. The van der Waals surface area contributed by atoms with E-state index < -0.39 is 6.10 Å². The average molecular weight is 341 g/mol. The highest BCUT2D eigenvalue weighted by atomic mass is 19.1. The summed E-state index contributed by atoms with van der Waals surface area (Å²) in [6.45, 7) is 4.75. The molecular formula is C20H24FN3O. The van der Waals surface area contributed by atoms with Gasteiger partial charge in [0.1, 0.15) is 5.82 Å². The molecule has 0 spiro atoms. The van der Waals surface area contributed by atoms with Crippen molar-refractivity contribution < 1.29 is 9.50 Å². The molecule has 0 fully saturated rings. The molecule has 1 aliphatic heterocycles. The Hall–Kier alpha value is -2.40. The molecule has 1 aliphatic rings. The first-order valence-electron chi connectivity index (χ1n) is 8.71. The molecular weight excluding hydrogens is 317 g/mol. The van der Waals surface area contributed by atoms with Crippen molar-refractivity contribution in [2.45, 2.75) is 26.0 Å². The molecule has 0 radical (unpaired) electrons. The topological polar surface area (TPSA) is 47.9 Å². The Morgan fingerprint density at radius 1 is 1.20 bits per heavy atom. The molecule has 0 amide bonds. The normalized spacial score (nSPS) is 15.6. The maximum Gasteiger partial charge on any atom is 0.194 e. The van der Waals surface area contributed by atoms with Gasteiger partial charge >= 0.3 is 0 Å². The fraction of sp³-hybridized carbons (Fsp3) is 0.350. The van der Waals surface area contributed by atoms with Crippen molar-refractivity contribution in [1.29, 1.82) is 0 Å². The Morgan fingerprint density at radius 3 is 2.64 bits per heavy atom. The quantitative estimate of drug-likeness (QED) is 0.664. The lowest BCUT2D eigenvalue weighted by Crippen LogP contribution is -2.44. The molecule has 132 valence electrons. The van der Waals surface area contributed by atoms with Crippen LogP contribution < -0.4 is 5.32 Å². The predicted octanol–water partition coefficient (Wildman–Crippen LogP) is 2.88. The van der Waals surface area contributed by atoms with Gasteiger partial charge < -0.3 is 15.3 Å². The predicted molar refractivity (Wildman–Crippen MR) is 97.9 cm³/mol. The number of aliphatic hydroxyl groups is 1. The largest absolute Gasteiger partial charge is 0.386 e. The minimum absolute atomic E-state index is 0.242. The highest BCUT2D eigenvalue weighted by Crippen LogP contribution is 2.19. The van der Waals surface area contributed by atoms with Crippen LogP contribution in [0, 0.1) is 5.82 Å². The van der Waals surface area contributed by atoms with E-state index >= 15 is 0 Å². The first kappa shape index (κ1) is 17.4. The molecule has 2 aromatic rings. The van der Waals surface area contributed by atoms with Gasteiger partial charge in [0.05, 0.1) is 12.6 Å². The number of nitrogens with zero attached hydrogens (tertiary/aromatic N) is 2. The summed E-state index contributed by atoms with van der Waals surface area (Å²) >= 11 is 0. The molecule has 0 saturated carbocycles. The molecule has 2 aromatic carbocycles. The third-order valence-electron chi connectivity index (χ3n) is 4.43. The lowest BCUT2D eigenvalue weighted by Gasteiger charge is -2.31. The minimum atomic E-state index is -0.744. The van der Waals surface area contributed by atoms with E-state index in [4.69, 9.17) is 0 Å². The van der Waals surface area contributed by atoms with E-state index in [1.165, 1.54) is 23.3 Å². The van der Waals surface area contributed by atoms with Gasteiger partial charge in [-0.1, -0.05) is 36.4 Å². The van der Waals surface area contributed by atoms with Crippen LogP contribution in [0.1, 0.15) is 29.7 Å². The second kappa shape index (κ2) is 8.12. The van der Waals surface area contributed by atoms with Crippen LogP contribution in [0.25, 0.3) is 0 Å². The number of rotatable bonds is 4. The average Bonchev–Trinajstić information content (AvgIpc) is 2.65. The molecule has 0 aromatic heterocycles. The van der Waals surface area contributed by atoms with Crippen molar-refractivity contribution in [3.05, 3.63) is 71.0 Å². The zero-order chi connectivity index (χ0) is 17.6. The van der Waals surface area contributed by atoms with Crippen molar-refractivity contribution in [3.63, 3.8) is 0 Å². The molecule has 5 heteroatoms. The van der Waals surface area contributed by atoms with Crippen LogP contribution in [-0.4, -0.2) is 35.6 Å². The number of hydrogen-bond acceptors (Lipinski definition) is 2. The van der Waals surface area contributed by atoms with Gasteiger partial charge in [-0.25, -0.2) is 4.39 Å². The number of guanidine groups is 1. The van der Waals surface area contributed by atoms with Gasteiger partial charge in [0.15, 0.2) is 5.96 Å². The Bertz CT molecular complexity index is 730. The highest BCUT2D eigenvalue weighted by Gasteiger charge is 2.19. The highest BCUT2D eigenvalue weighted by molar-refractivity contribution is 5.80. The zero-order valence-corrected chi connectivity index (χ0v) is 14.5. The number of benzene rings is 2. The van der Waals surface area contributed by atoms with E-state index in [0.29, 0.717) is 5.56 Å². The molecule has 3 rings (SSSR count). The Balaban J connectivity index is 1.70. The third-order valence-corrected chi connectivity index (χ3v) is 4.43. The van der Waals surface area contributed by atoms with Crippen LogP contribution in [0.2, 0.25) is 0 Å². The first-order chi connectivity index (χ1) is 12.2. The van der Waals surface area contributed by atoms with E-state index in [9.17, 15) is 9.50 Å². The molecule has 1 unspecified atom stereocenters. The number of fused-ring (bicyclic) bond motifs is 1. The third kappa shape index (κ3) is 4.37. The standard InChI is InChI=1S/C20H24FN3O/c1-2-22-20(23-13-19(25)16-7-9-18(21)10-8-16)24-12-11-15-5-3-4-6-17(15)14-24/h3-10,19,25H,2,11-14H2,1H3,(H,22,23). The number of hydrogen-bond donors (Lipinski definition) is 2. The van der Waals surface area contributed by atoms with E-state index in [2.05, 4.69) is 39.5 Å². The van der Waals surface area contributed by atoms with E-state index in [0.717, 1.165) is 32.0 Å². The Morgan fingerprint density at radius 2 is 1.92 bits per heavy atom. The van der Waals surface area contributed by atoms with Gasteiger partial charge in [-0.05, 0) is 42.2 Å². The monoisotopic (exact) mass is 341 g/mol. The van der Waals surface area contributed by atoms with Crippen LogP contribution in [0.15, 0.2) is 53.5 Å². The van der Waals surface area contributed by atoms with Crippen LogP contribution in [-0.2, 0) is 13.0 Å². The minimum Gasteiger partial charge on any atom is -0.386 e. The number of aliphatic hydroxyl groups excluding tert-OH is 1. The van der Waals surface area contributed by atoms with E-state index in [1.807, 2.05) is 6.92 Å². The van der Waals surface area contributed by atoms with Crippen LogP contribution in [0.5, 0.6) is 0 Å². The lowest BCUT2D eigenvalue weighted by molar-refractivity contribution is 0.186. The van der Waals surface area contributed by atoms with Crippen molar-refractivity contribution in [1.82, 2.24) is 10.2 Å². The molecule has 0 bridgehead atoms. The van der Waals surface area contributed by atoms with Crippen LogP contribution in [0.4, 0.5) is 4.39 Å². The van der Waals surface area contributed by atoms with Gasteiger partial charge in [0.25, 0.3) is 0 Å². The van der Waals surface area contributed by atoms with E-state index in [1.54, 1.807) is 12.1 Å². The summed E-state index contributed by atoms with van der Waals surface area (Å²) in [4.78, 5) is 6.81. The van der Waals surface area contributed by atoms with Crippen molar-refractivity contribution >= 4 is 5.96 Å². The number of nitrogens with one attached hydrogen (secondary N) is 1. The van der Waals surface area contributed by atoms with Crippen molar-refractivity contribution in [2.24, 2.45) is 4.99 Å². The van der Waals surface area contributed by atoms with Gasteiger partial charge in [0, 0.05) is 19.6 Å². The van der Waals surface area contributed by atoms with Gasteiger partial charge in [-0.2, -0.15) is 0 Å². The molecule has 25 heavy (non-hydrogen) atoms. The SMILES string of the molecule is CCNC(=NCC(O)c1ccc(F)cc1)N1CCc2ccccc2C1. The zero-order valence-electron chi connectivity index (χ0n) is 14.5. The molecule has 2 N–H and O–H groups in total. The Labute approximate surface area is 148 Å². The van der Waals surface area contributed by atoms with Crippen molar-refractivity contribution in [2.75, 3.05) is 19.6 Å². The maximum atomic E-state index is 13.0. The summed E-state index contributed by atoms with van der Waals surface area (Å²) < 4.78 is 13.0. The van der Waals surface area contributed by atoms with Crippen LogP contribution in [0.3, 0.4) is 0 Å². The molecule has 0 aliphatic carbocycles. The molecule has 1 heterocycles. The fourth-order valence-corrected chi connectivity index (χ4v) is 3.07. The van der Waals surface area contributed by atoms with E-state index in [-0.39, 0.29) is 12.4 Å². The number of halogens is 1. The second-order valence-electron chi connectivity index (χ2n) is 6.20. The smallest absolute Gasteiger partial charge is 0.194 e. The maximum absolute atomic E-state index is 13.0. The summed E-state index contributed by atoms with van der Waals surface area (Å²) in [7, 11) is 0. The summed E-state index contributed by atoms with van der Waals surface area (Å²) in [5.74, 6) is 0.498. The summed E-state index contributed by atoms with van der Waals surface area (Å²) in [6.07, 6.45) is 0.243. The van der Waals surface area contributed by atoms with Crippen LogP contribution >= 0.6 is 0 Å². The summed E-state index contributed by atoms with van der Waals surface area (Å²) in [6, 6.07) is 14.4. The first-order valence-corrected chi connectivity index (χ1v) is 8.71. The lowest BCUT2D eigenvalue weighted by atomic mass is 10.0. The Kier molecular flexibility index (Phi) is 5.66. The van der Waals surface area contributed by atoms with Gasteiger partial charge in [-0.3, -0.25) is 4.99 Å². The number of aliphatic imine (C=N–C) groups is 1. The van der Waals surface area contributed by atoms with Gasteiger partial charge in [-0.15, -0.1) is 0 Å². The molecule has 0 saturated heterocycles. The van der Waals surface area contributed by atoms with Gasteiger partial charge in [0.2, 0.25) is 0 Å². The second-order valence-corrected chi connectivity index (χ2v) is 6.20. The summed E-state index contributed by atoms with van der Waals surface area (Å²) in [5.41, 5.74) is 3.38. The van der Waals surface area contributed by atoms with Crippen molar-refractivity contribution in [3.8, 4) is 0 Å². The molecule has 1 atom stereocenters. The summed E-state index contributed by atoms with van der Waals surface area (Å²) in [5, 5.41) is 13.6. The fourth-order valence-electron chi connectivity index (χ4n) is 3.07.